The molecule has 0 saturated carbocycles. The third-order valence-electron chi connectivity index (χ3n) is 0. The zero-order chi connectivity index (χ0) is 13.5. The van der Waals surface area contributed by atoms with E-state index >= 15 is 0 Å². The van der Waals surface area contributed by atoms with Crippen LogP contribution in [0.1, 0.15) is 0 Å². The molecule has 0 spiro atoms. The molecule has 0 heterocycles. The number of rotatable bonds is 0. The monoisotopic (exact) mass is 546 g/mol. The van der Waals surface area contributed by atoms with Gasteiger partial charge >= 0.3 is 41.3 Å². The Morgan fingerprint density at radius 1 is 0.273 bits per heavy atom. The zero-order valence-corrected chi connectivity index (χ0v) is 15.6. The fourth-order valence-electron chi connectivity index (χ4n) is 0. The average molecular weight is 547 g/mol. The molecule has 0 fully saturated rings. The Bertz CT molecular complexity index is 93.4. The predicted molar refractivity (Wildman–Crippen MR) is 21.7 cm³/mol. The van der Waals surface area contributed by atoms with E-state index in [0.29, 0.717) is 0 Å². The second-order valence-electron chi connectivity index (χ2n) is 1.13. The van der Waals surface area contributed by atoms with Gasteiger partial charge in [-0.15, -0.1) is 30.7 Å². The van der Waals surface area contributed by atoms with Gasteiger partial charge in [0.1, 0.15) is 0 Å². The second kappa shape index (κ2) is 27.4. The quantitative estimate of drug-likeness (QED) is 0.273. The number of hydrogen-bond acceptors (Lipinski definition) is 12. The first-order chi connectivity index (χ1) is 6.00. The summed E-state index contributed by atoms with van der Waals surface area (Å²) in [6, 6.07) is 0. The Balaban J connectivity index is -0.0000000106. The van der Waals surface area contributed by atoms with Gasteiger partial charge in [0, 0.05) is 0 Å². The van der Waals surface area contributed by atoms with Crippen molar-refractivity contribution >= 4 is 0 Å². The minimum absolute atomic E-state index is 0. The van der Waals surface area contributed by atoms with E-state index in [0.717, 1.165) is 0 Å². The van der Waals surface area contributed by atoms with E-state index < -0.39 is 30.7 Å². The molecule has 0 radical (unpaired) electrons. The van der Waals surface area contributed by atoms with Crippen molar-refractivity contribution in [2.24, 2.45) is 0 Å². The summed E-state index contributed by atoms with van der Waals surface area (Å²) in [5.41, 5.74) is 0. The molecule has 0 aliphatic carbocycles. The van der Waals surface area contributed by atoms with Crippen molar-refractivity contribution in [3.05, 3.63) is 0 Å². The molecule has 0 bridgehead atoms. The fraction of sp³-hybridized carbons (Fsp3) is 0. The molecule has 0 atom stereocenters. The van der Waals surface area contributed by atoms with Crippen LogP contribution in [0.4, 0.5) is 0 Å². The molecule has 22 heteroatoms. The van der Waals surface area contributed by atoms with E-state index in [2.05, 4.69) is 0 Å². The van der Waals surface area contributed by atoms with Crippen LogP contribution in [0.2, 0.25) is 0 Å². The van der Waals surface area contributed by atoms with Crippen LogP contribution in [0, 0.1) is 72.0 Å². The second-order valence-corrected chi connectivity index (χ2v) is 3.40. The standard InChI is InChI=1S/3ClHO4.6H2O.Pr/c3*2-1(3,4)5;;;;;;;/h3*(H,2,3,4,5);6*1H2;/q;;;;;;;;;+3/p-3. The van der Waals surface area contributed by atoms with Gasteiger partial charge in [-0.2, -0.15) is 0 Å². The average Bonchev–Trinajstić information content (AvgIpc) is 1.41. The maximum atomic E-state index is 8.49. The van der Waals surface area contributed by atoms with Gasteiger partial charge in [-0.25, -0.2) is 55.9 Å². The van der Waals surface area contributed by atoms with Gasteiger partial charge in [-0.3, -0.25) is 0 Å². The van der Waals surface area contributed by atoms with Crippen LogP contribution in [0.5, 0.6) is 0 Å². The third-order valence-corrected chi connectivity index (χ3v) is 0. The normalized spacial score (nSPS) is 8.18. The van der Waals surface area contributed by atoms with Gasteiger partial charge in [0.05, 0.1) is 0 Å². The van der Waals surface area contributed by atoms with Crippen molar-refractivity contribution in [2.75, 3.05) is 0 Å². The summed E-state index contributed by atoms with van der Waals surface area (Å²) < 4.78 is 102. The third kappa shape index (κ3) is 3950. The minimum atomic E-state index is -4.94. The van der Waals surface area contributed by atoms with Crippen molar-refractivity contribution in [3.63, 3.8) is 0 Å². The molecule has 18 nitrogen and oxygen atoms in total. The van der Waals surface area contributed by atoms with Gasteiger partial charge in [-0.1, -0.05) is 0 Å². The summed E-state index contributed by atoms with van der Waals surface area (Å²) in [6.45, 7) is 0. The van der Waals surface area contributed by atoms with Crippen molar-refractivity contribution in [2.45, 2.75) is 0 Å². The van der Waals surface area contributed by atoms with E-state index in [1.807, 2.05) is 0 Å². The first-order valence-corrected chi connectivity index (χ1v) is 5.55. The first kappa shape index (κ1) is 65.3. The van der Waals surface area contributed by atoms with Crippen LogP contribution < -0.4 is 55.9 Å². The minimum Gasteiger partial charge on any atom is -0.412 e. The van der Waals surface area contributed by atoms with E-state index in [-0.39, 0.29) is 74.1 Å². The van der Waals surface area contributed by atoms with Gasteiger partial charge < -0.3 is 32.9 Å². The molecular formula is H12Cl3O18Pr. The Labute approximate surface area is 160 Å². The van der Waals surface area contributed by atoms with Crippen molar-refractivity contribution in [1.29, 1.82) is 0 Å². The number of hydrogen-bond donors (Lipinski definition) is 0. The van der Waals surface area contributed by atoms with E-state index in [4.69, 9.17) is 55.9 Å². The van der Waals surface area contributed by atoms with Crippen molar-refractivity contribution in [1.82, 2.24) is 0 Å². The molecule has 22 heavy (non-hydrogen) atoms. The van der Waals surface area contributed by atoms with Gasteiger partial charge in [0.15, 0.2) is 0 Å². The Morgan fingerprint density at radius 2 is 0.273 bits per heavy atom. The van der Waals surface area contributed by atoms with Crippen LogP contribution in [0.15, 0.2) is 0 Å². The van der Waals surface area contributed by atoms with E-state index in [1.165, 1.54) is 0 Å². The summed E-state index contributed by atoms with van der Waals surface area (Å²) in [4.78, 5) is 0. The molecule has 0 aliphatic heterocycles. The van der Waals surface area contributed by atoms with Crippen molar-refractivity contribution in [3.8, 4) is 0 Å². The predicted octanol–water partition coefficient (Wildman–Crippen LogP) is -19.2. The van der Waals surface area contributed by atoms with Crippen LogP contribution >= 0.6 is 0 Å². The van der Waals surface area contributed by atoms with Gasteiger partial charge in [0.2, 0.25) is 0 Å². The maximum absolute atomic E-state index is 8.49. The molecule has 12 N–H and O–H groups in total. The Morgan fingerprint density at radius 3 is 0.273 bits per heavy atom. The molecule has 144 valence electrons. The summed E-state index contributed by atoms with van der Waals surface area (Å²) in [5.74, 6) is 0. The van der Waals surface area contributed by atoms with Crippen LogP contribution in [0.25, 0.3) is 0 Å². The summed E-state index contributed by atoms with van der Waals surface area (Å²) in [5, 5.41) is 0. The Hall–Kier alpha value is 1.51. The van der Waals surface area contributed by atoms with Crippen molar-refractivity contribution < 1.29 is 161 Å². The van der Waals surface area contributed by atoms with Gasteiger partial charge in [0.25, 0.3) is 0 Å². The molecule has 0 aromatic heterocycles. The van der Waals surface area contributed by atoms with Crippen LogP contribution in [0.3, 0.4) is 0 Å². The smallest absolute Gasteiger partial charge is 0.412 e. The van der Waals surface area contributed by atoms with Crippen LogP contribution in [-0.2, 0) is 0 Å². The van der Waals surface area contributed by atoms with E-state index in [9.17, 15) is 0 Å². The molecule has 0 amide bonds. The maximum Gasteiger partial charge on any atom is 3.00 e. The number of halogens is 3. The van der Waals surface area contributed by atoms with E-state index in [1.54, 1.807) is 0 Å². The van der Waals surface area contributed by atoms with Crippen LogP contribution in [-0.4, -0.2) is 32.9 Å². The zero-order valence-electron chi connectivity index (χ0n) is 9.61. The summed E-state index contributed by atoms with van der Waals surface area (Å²) >= 11 is 0. The topological polar surface area (TPSA) is 466 Å². The molecule has 0 saturated heterocycles. The molecule has 0 aliphatic rings. The summed E-state index contributed by atoms with van der Waals surface area (Å²) in [7, 11) is -14.8. The SMILES string of the molecule is O.O.O.O.O.O.[O-][Cl+3]([O-])([O-])[O-].[O-][Cl+3]([O-])([O-])[O-].[O-][Cl+3]([O-])([O-])[O-].[Pr+3]. The molecular weight excluding hydrogens is 535 g/mol. The van der Waals surface area contributed by atoms with Gasteiger partial charge in [-0.05, 0) is 0 Å². The molecule has 0 unspecified atom stereocenters. The summed E-state index contributed by atoms with van der Waals surface area (Å²) in [6.07, 6.45) is 0. The molecule has 0 rings (SSSR count). The molecule has 0 aromatic rings. The first-order valence-electron chi connectivity index (χ1n) is 1.85. The fourth-order valence-corrected chi connectivity index (χ4v) is 0. The molecule has 0 aromatic carbocycles. The largest absolute Gasteiger partial charge is 3.00 e. The Kier molecular flexibility index (Phi) is 81.2.